The fraction of sp³-hybridized carbons (Fsp3) is 0.857. The van der Waals surface area contributed by atoms with Crippen molar-refractivity contribution in [2.75, 3.05) is 32.8 Å². The molecule has 1 heterocycles. The molecule has 148 valence electrons. The Labute approximate surface area is 162 Å². The summed E-state index contributed by atoms with van der Waals surface area (Å²) < 4.78 is 0.859. The number of hydrogen-bond acceptors (Lipinski definition) is 2. The van der Waals surface area contributed by atoms with E-state index in [-0.39, 0.29) is 19.0 Å². The van der Waals surface area contributed by atoms with E-state index in [1.54, 1.807) is 0 Å². The van der Waals surface area contributed by atoms with E-state index >= 15 is 0 Å². The lowest BCUT2D eigenvalue weighted by molar-refractivity contribution is -0.830. The fourth-order valence-electron chi connectivity index (χ4n) is 3.88. The standard InChI is InChI=1S/C21H41N2O.ClH/c1-3-5-6-7-8-9-10-11-12-13-14-15-21-22-16-18-23(21,17-4-2)19-20-24;/h4,24H,2-3,5-20H2,1H3;1H/q+1;/p-1. The number of hydrogen-bond donors (Lipinski definition) is 1. The van der Waals surface area contributed by atoms with Crippen LogP contribution in [0.1, 0.15) is 84.0 Å². The molecule has 0 radical (unpaired) electrons. The van der Waals surface area contributed by atoms with Crippen LogP contribution in [0.2, 0.25) is 0 Å². The van der Waals surface area contributed by atoms with Crippen molar-refractivity contribution in [2.24, 2.45) is 4.99 Å². The van der Waals surface area contributed by atoms with Crippen molar-refractivity contribution < 1.29 is 22.0 Å². The molecular weight excluding hydrogens is 332 g/mol. The lowest BCUT2D eigenvalue weighted by Crippen LogP contribution is -3.00. The minimum atomic E-state index is 0. The molecule has 1 N–H and O–H groups in total. The van der Waals surface area contributed by atoms with Gasteiger partial charge in [0.25, 0.3) is 0 Å². The average molecular weight is 373 g/mol. The predicted molar refractivity (Wildman–Crippen MR) is 106 cm³/mol. The highest BCUT2D eigenvalue weighted by Crippen LogP contribution is 2.20. The predicted octanol–water partition coefficient (Wildman–Crippen LogP) is 2.10. The number of nitrogens with zero attached hydrogens (tertiary/aromatic N) is 2. The Morgan fingerprint density at radius 3 is 2.08 bits per heavy atom. The zero-order valence-electron chi connectivity index (χ0n) is 16.5. The molecule has 0 saturated carbocycles. The number of unbranched alkanes of at least 4 members (excludes halogenated alkanes) is 10. The quantitative estimate of drug-likeness (QED) is 0.251. The first kappa shape index (κ1) is 24.6. The first-order valence-corrected chi connectivity index (χ1v) is 10.4. The number of aliphatic imine (C=N–C) groups is 1. The molecule has 0 spiro atoms. The van der Waals surface area contributed by atoms with Gasteiger partial charge in [-0.2, -0.15) is 0 Å². The monoisotopic (exact) mass is 372 g/mol. The Balaban J connectivity index is 0.00000576. The minimum Gasteiger partial charge on any atom is -1.00 e. The van der Waals surface area contributed by atoms with Crippen LogP contribution in [0, 0.1) is 0 Å². The number of amidine groups is 1. The number of halogens is 1. The van der Waals surface area contributed by atoms with Crippen LogP contribution < -0.4 is 12.4 Å². The first-order valence-electron chi connectivity index (χ1n) is 10.4. The number of quaternary nitrogens is 1. The van der Waals surface area contributed by atoms with Crippen LogP contribution in [0.4, 0.5) is 0 Å². The van der Waals surface area contributed by atoms with Crippen molar-refractivity contribution in [3.63, 3.8) is 0 Å². The summed E-state index contributed by atoms with van der Waals surface area (Å²) in [6.07, 6.45) is 18.3. The molecule has 0 fully saturated rings. The van der Waals surface area contributed by atoms with Crippen molar-refractivity contribution in [1.82, 2.24) is 0 Å². The molecule has 1 aliphatic rings. The van der Waals surface area contributed by atoms with E-state index in [0.29, 0.717) is 0 Å². The molecule has 0 aromatic carbocycles. The summed E-state index contributed by atoms with van der Waals surface area (Å²) in [4.78, 5) is 4.74. The molecule has 1 rings (SSSR count). The van der Waals surface area contributed by atoms with Gasteiger partial charge in [-0.1, -0.05) is 77.7 Å². The van der Waals surface area contributed by atoms with E-state index in [9.17, 15) is 5.11 Å². The van der Waals surface area contributed by atoms with E-state index in [4.69, 9.17) is 4.99 Å². The Kier molecular flexibility index (Phi) is 15.6. The van der Waals surface area contributed by atoms with E-state index in [0.717, 1.165) is 37.1 Å². The molecule has 0 bridgehead atoms. The number of aliphatic hydroxyl groups is 1. The van der Waals surface area contributed by atoms with Crippen LogP contribution in [0.5, 0.6) is 0 Å². The summed E-state index contributed by atoms with van der Waals surface area (Å²) in [5.41, 5.74) is 0. The van der Waals surface area contributed by atoms with Gasteiger partial charge in [0.2, 0.25) is 0 Å². The molecule has 0 amide bonds. The SMILES string of the molecule is C=CC[N+]1(CCO)CCN=C1CCCCCCCCCCCCC.[Cl-]. The maximum absolute atomic E-state index is 9.39. The van der Waals surface area contributed by atoms with Crippen LogP contribution in [0.25, 0.3) is 0 Å². The van der Waals surface area contributed by atoms with Crippen LogP contribution in [0.3, 0.4) is 0 Å². The Bertz CT molecular complexity index is 360. The highest BCUT2D eigenvalue weighted by Gasteiger charge is 2.35. The molecule has 1 unspecified atom stereocenters. The van der Waals surface area contributed by atoms with Gasteiger partial charge >= 0.3 is 0 Å². The third kappa shape index (κ3) is 9.77. The molecule has 3 nitrogen and oxygen atoms in total. The van der Waals surface area contributed by atoms with Gasteiger partial charge in [-0.05, 0) is 12.5 Å². The Hall–Kier alpha value is -0.380. The Morgan fingerprint density at radius 1 is 1.00 bits per heavy atom. The van der Waals surface area contributed by atoms with Crippen molar-refractivity contribution in [1.29, 1.82) is 0 Å². The van der Waals surface area contributed by atoms with Crippen molar-refractivity contribution in [2.45, 2.75) is 84.0 Å². The van der Waals surface area contributed by atoms with Gasteiger partial charge in [0.1, 0.15) is 19.6 Å². The fourth-order valence-corrected chi connectivity index (χ4v) is 3.88. The van der Waals surface area contributed by atoms with Crippen LogP contribution >= 0.6 is 0 Å². The maximum Gasteiger partial charge on any atom is 0.198 e. The van der Waals surface area contributed by atoms with Crippen molar-refractivity contribution in [3.05, 3.63) is 12.7 Å². The van der Waals surface area contributed by atoms with Crippen molar-refractivity contribution >= 4 is 5.84 Å². The number of rotatable bonds is 16. The van der Waals surface area contributed by atoms with Crippen LogP contribution in [-0.4, -0.2) is 48.2 Å². The lowest BCUT2D eigenvalue weighted by Gasteiger charge is -2.33. The molecule has 0 aromatic rings. The van der Waals surface area contributed by atoms with E-state index in [1.165, 1.54) is 76.5 Å². The number of aliphatic hydroxyl groups excluding tert-OH is 1. The zero-order valence-corrected chi connectivity index (χ0v) is 17.3. The zero-order chi connectivity index (χ0) is 17.5. The normalized spacial score (nSPS) is 19.5. The smallest absolute Gasteiger partial charge is 0.198 e. The summed E-state index contributed by atoms with van der Waals surface area (Å²) in [5.74, 6) is 1.31. The maximum atomic E-state index is 9.39. The van der Waals surface area contributed by atoms with Gasteiger partial charge in [-0.3, -0.25) is 4.48 Å². The van der Waals surface area contributed by atoms with Gasteiger partial charge in [0.15, 0.2) is 5.84 Å². The topological polar surface area (TPSA) is 32.6 Å². The van der Waals surface area contributed by atoms with Crippen LogP contribution in [-0.2, 0) is 0 Å². The molecule has 1 atom stereocenters. The molecular formula is C21H41ClN2O. The Morgan fingerprint density at radius 2 is 1.56 bits per heavy atom. The highest BCUT2D eigenvalue weighted by atomic mass is 35.5. The summed E-state index contributed by atoms with van der Waals surface area (Å²) in [6, 6.07) is 0. The second-order valence-corrected chi connectivity index (χ2v) is 7.37. The average Bonchev–Trinajstić information content (AvgIpc) is 2.96. The second-order valence-electron chi connectivity index (χ2n) is 7.37. The van der Waals surface area contributed by atoms with Gasteiger partial charge in [-0.15, -0.1) is 0 Å². The van der Waals surface area contributed by atoms with E-state index in [2.05, 4.69) is 13.5 Å². The third-order valence-corrected chi connectivity index (χ3v) is 5.38. The molecule has 1 aliphatic heterocycles. The van der Waals surface area contributed by atoms with E-state index in [1.807, 2.05) is 6.08 Å². The van der Waals surface area contributed by atoms with Gasteiger partial charge < -0.3 is 17.5 Å². The van der Waals surface area contributed by atoms with E-state index < -0.39 is 0 Å². The summed E-state index contributed by atoms with van der Waals surface area (Å²) in [7, 11) is 0. The van der Waals surface area contributed by atoms with Gasteiger partial charge in [0.05, 0.1) is 13.2 Å². The second kappa shape index (κ2) is 15.8. The lowest BCUT2D eigenvalue weighted by atomic mass is 10.0. The first-order chi connectivity index (χ1) is 11.8. The summed E-state index contributed by atoms with van der Waals surface area (Å²) >= 11 is 0. The van der Waals surface area contributed by atoms with Crippen molar-refractivity contribution in [3.8, 4) is 0 Å². The molecule has 4 heteroatoms. The molecule has 0 saturated heterocycles. The molecule has 25 heavy (non-hydrogen) atoms. The van der Waals surface area contributed by atoms with Gasteiger partial charge in [-0.25, -0.2) is 4.99 Å². The molecule has 0 aromatic heterocycles. The highest BCUT2D eigenvalue weighted by molar-refractivity contribution is 5.76. The minimum absolute atomic E-state index is 0. The van der Waals surface area contributed by atoms with Crippen LogP contribution in [0.15, 0.2) is 17.6 Å². The van der Waals surface area contributed by atoms with Gasteiger partial charge in [0, 0.05) is 6.42 Å². The summed E-state index contributed by atoms with van der Waals surface area (Å²) in [5, 5.41) is 9.39. The third-order valence-electron chi connectivity index (χ3n) is 5.38. The largest absolute Gasteiger partial charge is 1.00 e. The molecule has 0 aliphatic carbocycles. The summed E-state index contributed by atoms with van der Waals surface area (Å²) in [6.45, 7) is 10.1.